The maximum absolute atomic E-state index is 13.7. The number of nitrogens with zero attached hydrogens (tertiary/aromatic N) is 2. The largest absolute Gasteiger partial charge is 0.479 e. The molecule has 6 nitrogen and oxygen atoms in total. The van der Waals surface area contributed by atoms with Crippen LogP contribution in [0, 0.1) is 18.6 Å². The Bertz CT molecular complexity index is 737. The summed E-state index contributed by atoms with van der Waals surface area (Å²) in [6, 6.07) is 1.98. The molecule has 1 atom stereocenters. The van der Waals surface area contributed by atoms with E-state index in [2.05, 4.69) is 15.3 Å². The smallest absolute Gasteiger partial charge is 0.331 e. The monoisotopic (exact) mass is 307 g/mol. The van der Waals surface area contributed by atoms with Gasteiger partial charge < -0.3 is 10.4 Å². The van der Waals surface area contributed by atoms with Gasteiger partial charge in [-0.15, -0.1) is 0 Å². The van der Waals surface area contributed by atoms with E-state index in [4.69, 9.17) is 5.11 Å². The number of carboxylic acid groups (broad SMARTS) is 1. The zero-order valence-electron chi connectivity index (χ0n) is 11.4. The first-order chi connectivity index (χ1) is 10.4. The topological polar surface area (TPSA) is 92.2 Å². The second-order valence-electron chi connectivity index (χ2n) is 4.46. The molecule has 0 spiro atoms. The summed E-state index contributed by atoms with van der Waals surface area (Å²) in [5.74, 6) is -4.10. The summed E-state index contributed by atoms with van der Waals surface area (Å²) in [6.07, 6.45) is 1.14. The van der Waals surface area contributed by atoms with Crippen molar-refractivity contribution in [3.63, 3.8) is 0 Å². The van der Waals surface area contributed by atoms with E-state index < -0.39 is 35.1 Å². The molecule has 2 rings (SSSR count). The van der Waals surface area contributed by atoms with E-state index in [0.717, 1.165) is 24.5 Å². The molecule has 2 N–H and O–H groups in total. The van der Waals surface area contributed by atoms with Gasteiger partial charge in [0.1, 0.15) is 23.7 Å². The molecule has 114 valence electrons. The number of carbonyl (C=O) groups is 2. The number of aliphatic carboxylic acids is 1. The van der Waals surface area contributed by atoms with Crippen molar-refractivity contribution in [2.45, 2.75) is 13.0 Å². The summed E-state index contributed by atoms with van der Waals surface area (Å²) in [5.41, 5.74) is -0.0499. The molecule has 0 aliphatic heterocycles. The first-order valence-corrected chi connectivity index (χ1v) is 6.15. The van der Waals surface area contributed by atoms with Crippen LogP contribution < -0.4 is 5.32 Å². The minimum atomic E-state index is -1.74. The van der Waals surface area contributed by atoms with Gasteiger partial charge >= 0.3 is 5.97 Å². The van der Waals surface area contributed by atoms with Crippen LogP contribution in [0.25, 0.3) is 0 Å². The number of carbonyl (C=O) groups excluding carboxylic acids is 1. The Hall–Kier alpha value is -2.90. The molecule has 0 saturated heterocycles. The van der Waals surface area contributed by atoms with Crippen molar-refractivity contribution < 1.29 is 23.5 Å². The van der Waals surface area contributed by atoms with E-state index in [1.807, 2.05) is 0 Å². The summed E-state index contributed by atoms with van der Waals surface area (Å²) < 4.78 is 26.9. The Kier molecular flexibility index (Phi) is 4.40. The summed E-state index contributed by atoms with van der Waals surface area (Å²) >= 11 is 0. The highest BCUT2D eigenvalue weighted by Gasteiger charge is 2.26. The third-order valence-corrected chi connectivity index (χ3v) is 2.83. The zero-order valence-corrected chi connectivity index (χ0v) is 11.4. The van der Waals surface area contributed by atoms with Crippen LogP contribution in [0.15, 0.2) is 30.6 Å². The summed E-state index contributed by atoms with van der Waals surface area (Å²) in [5, 5.41) is 11.3. The van der Waals surface area contributed by atoms with Crippen molar-refractivity contribution in [2.24, 2.45) is 0 Å². The van der Waals surface area contributed by atoms with Gasteiger partial charge in [-0.3, -0.25) is 4.79 Å². The highest BCUT2D eigenvalue weighted by Crippen LogP contribution is 2.19. The Labute approximate surface area is 123 Å². The van der Waals surface area contributed by atoms with Gasteiger partial charge in [-0.05, 0) is 31.2 Å². The first kappa shape index (κ1) is 15.5. The normalized spacial score (nSPS) is 11.8. The van der Waals surface area contributed by atoms with Gasteiger partial charge in [-0.1, -0.05) is 0 Å². The quantitative estimate of drug-likeness (QED) is 0.895. The number of nitrogens with one attached hydrogen (secondary N) is 1. The van der Waals surface area contributed by atoms with Gasteiger partial charge in [0.15, 0.2) is 6.04 Å². The van der Waals surface area contributed by atoms with Crippen LogP contribution in [0.1, 0.15) is 27.8 Å². The fourth-order valence-corrected chi connectivity index (χ4v) is 1.79. The number of rotatable bonds is 4. The summed E-state index contributed by atoms with van der Waals surface area (Å²) in [7, 11) is 0. The number of aryl methyl sites for hydroxylation is 1. The molecule has 0 aliphatic carbocycles. The molecule has 1 amide bonds. The highest BCUT2D eigenvalue weighted by molar-refractivity contribution is 5.95. The minimum Gasteiger partial charge on any atom is -0.479 e. The van der Waals surface area contributed by atoms with Crippen LogP contribution in [-0.4, -0.2) is 27.0 Å². The molecule has 0 saturated carbocycles. The van der Waals surface area contributed by atoms with Crippen LogP contribution in [0.4, 0.5) is 8.78 Å². The van der Waals surface area contributed by atoms with Crippen LogP contribution in [-0.2, 0) is 4.79 Å². The molecule has 22 heavy (non-hydrogen) atoms. The lowest BCUT2D eigenvalue weighted by molar-refractivity contribution is -0.139. The van der Waals surface area contributed by atoms with E-state index in [9.17, 15) is 18.4 Å². The lowest BCUT2D eigenvalue weighted by atomic mass is 10.1. The van der Waals surface area contributed by atoms with Crippen molar-refractivity contribution in [1.29, 1.82) is 0 Å². The number of aromatic nitrogens is 2. The number of hydrogen-bond acceptors (Lipinski definition) is 4. The molecule has 1 heterocycles. The Morgan fingerprint density at radius 3 is 2.59 bits per heavy atom. The van der Waals surface area contributed by atoms with Crippen molar-refractivity contribution in [2.75, 3.05) is 0 Å². The van der Waals surface area contributed by atoms with Crippen LogP contribution >= 0.6 is 0 Å². The molecule has 8 heteroatoms. The van der Waals surface area contributed by atoms with Crippen molar-refractivity contribution in [3.05, 3.63) is 59.2 Å². The SMILES string of the molecule is Cc1cc(C(=O)NC(C(=O)O)c2cc(F)ccc2F)ncn1. The number of carboxylic acids is 1. The molecule has 1 aromatic heterocycles. The lowest BCUT2D eigenvalue weighted by Gasteiger charge is -2.15. The number of hydrogen-bond donors (Lipinski definition) is 2. The zero-order chi connectivity index (χ0) is 16.3. The molecule has 1 unspecified atom stereocenters. The Morgan fingerprint density at radius 2 is 1.95 bits per heavy atom. The standard InChI is InChI=1S/C14H11F2N3O3/c1-7-4-11(18-6-17-7)13(20)19-12(14(21)22)9-5-8(15)2-3-10(9)16/h2-6,12H,1H3,(H,19,20)(H,21,22). The van der Waals surface area contributed by atoms with Gasteiger partial charge in [0.25, 0.3) is 5.91 Å². The van der Waals surface area contributed by atoms with Gasteiger partial charge in [-0.25, -0.2) is 23.5 Å². The first-order valence-electron chi connectivity index (χ1n) is 6.15. The van der Waals surface area contributed by atoms with E-state index in [0.29, 0.717) is 5.69 Å². The molecular formula is C14H11F2N3O3. The molecule has 0 bridgehead atoms. The second-order valence-corrected chi connectivity index (χ2v) is 4.46. The number of benzene rings is 1. The van der Waals surface area contributed by atoms with E-state index >= 15 is 0 Å². The third kappa shape index (κ3) is 3.40. The fourth-order valence-electron chi connectivity index (χ4n) is 1.79. The van der Waals surface area contributed by atoms with Crippen LogP contribution in [0.3, 0.4) is 0 Å². The molecule has 0 aliphatic rings. The predicted molar refractivity (Wildman–Crippen MR) is 71.0 cm³/mol. The third-order valence-electron chi connectivity index (χ3n) is 2.83. The number of amides is 1. The van der Waals surface area contributed by atoms with Crippen LogP contribution in [0.2, 0.25) is 0 Å². The van der Waals surface area contributed by atoms with Crippen molar-refractivity contribution >= 4 is 11.9 Å². The molecular weight excluding hydrogens is 296 g/mol. The molecule has 2 aromatic rings. The maximum Gasteiger partial charge on any atom is 0.331 e. The molecule has 0 fully saturated rings. The molecule has 1 aromatic carbocycles. The number of halogens is 2. The average Bonchev–Trinajstić information content (AvgIpc) is 2.47. The predicted octanol–water partition coefficient (Wildman–Crippen LogP) is 1.62. The maximum atomic E-state index is 13.7. The van der Waals surface area contributed by atoms with Crippen LogP contribution in [0.5, 0.6) is 0 Å². The van der Waals surface area contributed by atoms with Gasteiger partial charge in [-0.2, -0.15) is 0 Å². The summed E-state index contributed by atoms with van der Waals surface area (Å²) in [6.45, 7) is 1.62. The minimum absolute atomic E-state index is 0.0736. The van der Waals surface area contributed by atoms with E-state index in [1.165, 1.54) is 6.07 Å². The van der Waals surface area contributed by atoms with E-state index in [1.54, 1.807) is 6.92 Å². The van der Waals surface area contributed by atoms with E-state index in [-0.39, 0.29) is 5.69 Å². The Morgan fingerprint density at radius 1 is 1.23 bits per heavy atom. The van der Waals surface area contributed by atoms with Crippen molar-refractivity contribution in [1.82, 2.24) is 15.3 Å². The lowest BCUT2D eigenvalue weighted by Crippen LogP contribution is -2.35. The highest BCUT2D eigenvalue weighted by atomic mass is 19.1. The van der Waals surface area contributed by atoms with Gasteiger partial charge in [0.05, 0.1) is 0 Å². The Balaban J connectivity index is 2.32. The van der Waals surface area contributed by atoms with Gasteiger partial charge in [0, 0.05) is 11.3 Å². The fraction of sp³-hybridized carbons (Fsp3) is 0.143. The molecule has 0 radical (unpaired) electrons. The summed E-state index contributed by atoms with van der Waals surface area (Å²) in [4.78, 5) is 30.8. The average molecular weight is 307 g/mol. The van der Waals surface area contributed by atoms with Gasteiger partial charge in [0.2, 0.25) is 0 Å². The second kappa shape index (κ2) is 6.25. The van der Waals surface area contributed by atoms with Crippen molar-refractivity contribution in [3.8, 4) is 0 Å².